The summed E-state index contributed by atoms with van der Waals surface area (Å²) >= 11 is 0. The smallest absolute Gasteiger partial charge is 0.224 e. The van der Waals surface area contributed by atoms with E-state index in [2.05, 4.69) is 22.9 Å². The van der Waals surface area contributed by atoms with Gasteiger partial charge in [0.05, 0.1) is 37.7 Å². The van der Waals surface area contributed by atoms with E-state index in [4.69, 9.17) is 14.5 Å². The van der Waals surface area contributed by atoms with Crippen molar-refractivity contribution in [2.24, 2.45) is 0 Å². The second kappa shape index (κ2) is 8.78. The molecule has 148 valence electrons. The van der Waals surface area contributed by atoms with Crippen molar-refractivity contribution in [1.82, 2.24) is 14.9 Å². The summed E-state index contributed by atoms with van der Waals surface area (Å²) in [5.41, 5.74) is 2.91. The topological polar surface area (TPSA) is 65.4 Å². The quantitative estimate of drug-likeness (QED) is 0.643. The van der Waals surface area contributed by atoms with Crippen LogP contribution in [0.3, 0.4) is 0 Å². The molecule has 6 heteroatoms. The van der Waals surface area contributed by atoms with Crippen LogP contribution in [-0.4, -0.2) is 29.7 Å². The van der Waals surface area contributed by atoms with Crippen molar-refractivity contribution >= 4 is 16.9 Å². The van der Waals surface area contributed by atoms with Crippen molar-refractivity contribution in [2.75, 3.05) is 14.2 Å². The number of nitrogens with zero attached hydrogens (tertiary/aromatic N) is 2. The molecule has 0 aliphatic carbocycles. The third-order valence-corrected chi connectivity index (χ3v) is 4.71. The van der Waals surface area contributed by atoms with Gasteiger partial charge >= 0.3 is 0 Å². The van der Waals surface area contributed by atoms with Crippen LogP contribution in [0.1, 0.15) is 37.7 Å². The molecule has 3 aromatic rings. The lowest BCUT2D eigenvalue weighted by Crippen LogP contribution is -2.30. The fourth-order valence-corrected chi connectivity index (χ4v) is 3.42. The van der Waals surface area contributed by atoms with Gasteiger partial charge in [0.1, 0.15) is 5.82 Å². The fourth-order valence-electron chi connectivity index (χ4n) is 3.42. The normalized spacial score (nSPS) is 12.0. The Hall–Kier alpha value is -3.02. The molecular formula is C22H27N3O3. The molecule has 1 N–H and O–H groups in total. The van der Waals surface area contributed by atoms with Crippen LogP contribution < -0.4 is 14.8 Å². The summed E-state index contributed by atoms with van der Waals surface area (Å²) in [6.07, 6.45) is 1.26. The number of carbonyl (C=O) groups excluding carboxylic acids is 1. The second-order valence-electron chi connectivity index (χ2n) is 6.77. The SMILES string of the molecule is CCCn1c(C(C)NC(=O)Cc2ccc(OC)c(OC)c2)nc2ccccc21. The largest absolute Gasteiger partial charge is 0.493 e. The lowest BCUT2D eigenvalue weighted by atomic mass is 10.1. The fraction of sp³-hybridized carbons (Fsp3) is 0.364. The number of methoxy groups -OCH3 is 2. The third kappa shape index (κ3) is 4.11. The number of hydrogen-bond donors (Lipinski definition) is 1. The molecule has 1 aromatic heterocycles. The van der Waals surface area contributed by atoms with E-state index in [0.717, 1.165) is 35.4 Å². The average Bonchev–Trinajstić information content (AvgIpc) is 3.07. The molecule has 1 amide bonds. The second-order valence-corrected chi connectivity index (χ2v) is 6.77. The maximum absolute atomic E-state index is 12.6. The van der Waals surface area contributed by atoms with Gasteiger partial charge in [0.15, 0.2) is 11.5 Å². The molecule has 0 saturated heterocycles. The number of ether oxygens (including phenoxy) is 2. The number of rotatable bonds is 8. The van der Waals surface area contributed by atoms with E-state index < -0.39 is 0 Å². The highest BCUT2D eigenvalue weighted by atomic mass is 16.5. The molecular weight excluding hydrogens is 354 g/mol. The molecule has 0 saturated carbocycles. The van der Waals surface area contributed by atoms with Crippen molar-refractivity contribution in [2.45, 2.75) is 39.3 Å². The first-order valence-electron chi connectivity index (χ1n) is 9.52. The minimum Gasteiger partial charge on any atom is -0.493 e. The van der Waals surface area contributed by atoms with Crippen LogP contribution in [0, 0.1) is 0 Å². The van der Waals surface area contributed by atoms with Gasteiger partial charge < -0.3 is 19.4 Å². The van der Waals surface area contributed by atoms with Crippen LogP contribution in [0.5, 0.6) is 11.5 Å². The molecule has 1 atom stereocenters. The summed E-state index contributed by atoms with van der Waals surface area (Å²) < 4.78 is 12.8. The molecule has 0 aliphatic heterocycles. The van der Waals surface area contributed by atoms with Crippen LogP contribution >= 0.6 is 0 Å². The Morgan fingerprint density at radius 2 is 1.89 bits per heavy atom. The van der Waals surface area contributed by atoms with Crippen molar-refractivity contribution in [1.29, 1.82) is 0 Å². The Morgan fingerprint density at radius 1 is 1.14 bits per heavy atom. The van der Waals surface area contributed by atoms with Crippen LogP contribution in [-0.2, 0) is 17.8 Å². The Balaban J connectivity index is 1.76. The zero-order valence-electron chi connectivity index (χ0n) is 16.9. The number of benzene rings is 2. The molecule has 0 radical (unpaired) electrons. The molecule has 1 heterocycles. The van der Waals surface area contributed by atoms with Gasteiger partial charge in [0.2, 0.25) is 5.91 Å². The number of amides is 1. The summed E-state index contributed by atoms with van der Waals surface area (Å²) in [5.74, 6) is 2.08. The summed E-state index contributed by atoms with van der Waals surface area (Å²) in [4.78, 5) is 17.4. The van der Waals surface area contributed by atoms with Gasteiger partial charge in [-0.05, 0) is 43.2 Å². The molecule has 28 heavy (non-hydrogen) atoms. The van der Waals surface area contributed by atoms with Crippen molar-refractivity contribution < 1.29 is 14.3 Å². The predicted octanol–water partition coefficient (Wildman–Crippen LogP) is 3.88. The first-order chi connectivity index (χ1) is 13.6. The molecule has 0 fully saturated rings. The molecule has 1 unspecified atom stereocenters. The maximum atomic E-state index is 12.6. The Morgan fingerprint density at radius 3 is 2.61 bits per heavy atom. The molecule has 0 aliphatic rings. The Kier molecular flexibility index (Phi) is 6.19. The van der Waals surface area contributed by atoms with E-state index in [0.29, 0.717) is 11.5 Å². The standard InChI is InChI=1S/C22H27N3O3/c1-5-12-25-18-9-7-6-8-17(18)24-22(25)15(2)23-21(26)14-16-10-11-19(27-3)20(13-16)28-4/h6-11,13,15H,5,12,14H2,1-4H3,(H,23,26). The number of imidazole rings is 1. The van der Waals surface area contributed by atoms with Crippen molar-refractivity contribution in [3.63, 3.8) is 0 Å². The number of para-hydroxylation sites is 2. The minimum atomic E-state index is -0.188. The predicted molar refractivity (Wildman–Crippen MR) is 110 cm³/mol. The number of aryl methyl sites for hydroxylation is 1. The number of aromatic nitrogens is 2. The molecule has 0 spiro atoms. The van der Waals surface area contributed by atoms with Crippen LogP contribution in [0.4, 0.5) is 0 Å². The van der Waals surface area contributed by atoms with E-state index >= 15 is 0 Å². The number of nitrogens with one attached hydrogen (secondary N) is 1. The maximum Gasteiger partial charge on any atom is 0.224 e. The molecule has 6 nitrogen and oxygen atoms in total. The minimum absolute atomic E-state index is 0.0603. The van der Waals surface area contributed by atoms with Gasteiger partial charge in [-0.2, -0.15) is 0 Å². The van der Waals surface area contributed by atoms with Crippen molar-refractivity contribution in [3.8, 4) is 11.5 Å². The van der Waals surface area contributed by atoms with Gasteiger partial charge in [-0.3, -0.25) is 4.79 Å². The number of carbonyl (C=O) groups is 1. The van der Waals surface area contributed by atoms with E-state index in [9.17, 15) is 4.79 Å². The lowest BCUT2D eigenvalue weighted by Gasteiger charge is -2.16. The zero-order chi connectivity index (χ0) is 20.1. The zero-order valence-corrected chi connectivity index (χ0v) is 16.9. The third-order valence-electron chi connectivity index (χ3n) is 4.71. The summed E-state index contributed by atoms with van der Waals surface area (Å²) in [5, 5.41) is 3.08. The highest BCUT2D eigenvalue weighted by Gasteiger charge is 2.18. The van der Waals surface area contributed by atoms with Gasteiger partial charge in [-0.25, -0.2) is 4.98 Å². The molecule has 3 rings (SSSR count). The highest BCUT2D eigenvalue weighted by Crippen LogP contribution is 2.28. The Labute approximate surface area is 165 Å². The molecule has 2 aromatic carbocycles. The molecule has 0 bridgehead atoms. The summed E-state index contributed by atoms with van der Waals surface area (Å²) in [7, 11) is 3.18. The van der Waals surface area contributed by atoms with Gasteiger partial charge in [0.25, 0.3) is 0 Å². The van der Waals surface area contributed by atoms with E-state index in [1.54, 1.807) is 14.2 Å². The Bertz CT molecular complexity index is 965. The monoisotopic (exact) mass is 381 g/mol. The van der Waals surface area contributed by atoms with Gasteiger partial charge in [-0.1, -0.05) is 25.1 Å². The summed E-state index contributed by atoms with van der Waals surface area (Å²) in [6, 6.07) is 13.4. The first kappa shape index (κ1) is 19.7. The van der Waals surface area contributed by atoms with Gasteiger partial charge in [0, 0.05) is 6.54 Å². The van der Waals surface area contributed by atoms with E-state index in [1.165, 1.54) is 0 Å². The average molecular weight is 381 g/mol. The highest BCUT2D eigenvalue weighted by molar-refractivity contribution is 5.80. The van der Waals surface area contributed by atoms with E-state index in [-0.39, 0.29) is 18.4 Å². The van der Waals surface area contributed by atoms with E-state index in [1.807, 2.05) is 43.3 Å². The number of fused-ring (bicyclic) bond motifs is 1. The van der Waals surface area contributed by atoms with Gasteiger partial charge in [-0.15, -0.1) is 0 Å². The van der Waals surface area contributed by atoms with Crippen LogP contribution in [0.2, 0.25) is 0 Å². The van der Waals surface area contributed by atoms with Crippen molar-refractivity contribution in [3.05, 3.63) is 53.9 Å². The summed E-state index contributed by atoms with van der Waals surface area (Å²) in [6.45, 7) is 4.98. The lowest BCUT2D eigenvalue weighted by molar-refractivity contribution is -0.121. The first-order valence-corrected chi connectivity index (χ1v) is 9.52. The van der Waals surface area contributed by atoms with Crippen LogP contribution in [0.15, 0.2) is 42.5 Å². The number of hydrogen-bond acceptors (Lipinski definition) is 4. The van der Waals surface area contributed by atoms with Crippen LogP contribution in [0.25, 0.3) is 11.0 Å².